The fourth-order valence-electron chi connectivity index (χ4n) is 1.85. The highest BCUT2D eigenvalue weighted by atomic mass is 16.5. The Morgan fingerprint density at radius 2 is 2.38 bits per heavy atom. The van der Waals surface area contributed by atoms with Crippen LogP contribution in [0.3, 0.4) is 0 Å². The number of rotatable bonds is 4. The maximum Gasteiger partial charge on any atom is 0.308 e. The highest BCUT2D eigenvalue weighted by Gasteiger charge is 2.32. The minimum atomic E-state index is -0.791. The molecule has 1 aliphatic heterocycles. The van der Waals surface area contributed by atoms with E-state index in [4.69, 9.17) is 9.84 Å². The van der Waals surface area contributed by atoms with Crippen LogP contribution in [-0.2, 0) is 9.53 Å². The van der Waals surface area contributed by atoms with E-state index in [-0.39, 0.29) is 12.1 Å². The van der Waals surface area contributed by atoms with E-state index in [1.165, 1.54) is 0 Å². The zero-order valence-corrected chi connectivity index (χ0v) is 8.12. The second-order valence-electron chi connectivity index (χ2n) is 3.53. The van der Waals surface area contributed by atoms with E-state index < -0.39 is 11.9 Å². The van der Waals surface area contributed by atoms with Gasteiger partial charge in [0.15, 0.2) is 0 Å². The molecule has 4 nitrogen and oxygen atoms in total. The van der Waals surface area contributed by atoms with Gasteiger partial charge < -0.3 is 15.2 Å². The molecule has 0 bridgehead atoms. The van der Waals surface area contributed by atoms with Crippen LogP contribution in [0.4, 0.5) is 0 Å². The summed E-state index contributed by atoms with van der Waals surface area (Å²) in [5, 5.41) is 12.1. The van der Waals surface area contributed by atoms with E-state index >= 15 is 0 Å². The maximum absolute atomic E-state index is 10.7. The number of methoxy groups -OCH3 is 1. The molecule has 0 saturated carbocycles. The fraction of sp³-hybridized carbons (Fsp3) is 0.889. The first-order valence-electron chi connectivity index (χ1n) is 4.65. The van der Waals surface area contributed by atoms with Crippen molar-refractivity contribution < 1.29 is 14.6 Å². The molecule has 4 heteroatoms. The van der Waals surface area contributed by atoms with Gasteiger partial charge in [-0.25, -0.2) is 0 Å². The van der Waals surface area contributed by atoms with Gasteiger partial charge in [-0.15, -0.1) is 0 Å². The lowest BCUT2D eigenvalue weighted by molar-refractivity contribution is -0.146. The monoisotopic (exact) mass is 187 g/mol. The van der Waals surface area contributed by atoms with E-state index in [1.807, 2.05) is 0 Å². The normalized spacial score (nSPS) is 27.1. The zero-order chi connectivity index (χ0) is 9.84. The molecule has 3 atom stereocenters. The van der Waals surface area contributed by atoms with Crippen molar-refractivity contribution in [1.82, 2.24) is 5.32 Å². The molecule has 1 fully saturated rings. The standard InChI is InChI=1S/C9H17NO3/c1-6(9(11)12)8(13-2)7-4-3-5-10-7/h6-8,10H,3-5H2,1-2H3,(H,11,12)/t6-,7-,8-/m0/s1. The Kier molecular flexibility index (Phi) is 3.69. The van der Waals surface area contributed by atoms with Gasteiger partial charge in [-0.2, -0.15) is 0 Å². The smallest absolute Gasteiger partial charge is 0.308 e. The molecule has 0 spiro atoms. The lowest BCUT2D eigenvalue weighted by atomic mass is 9.97. The van der Waals surface area contributed by atoms with Crippen LogP contribution in [0, 0.1) is 5.92 Å². The zero-order valence-electron chi connectivity index (χ0n) is 8.12. The van der Waals surface area contributed by atoms with Crippen molar-refractivity contribution in [2.24, 2.45) is 5.92 Å². The summed E-state index contributed by atoms with van der Waals surface area (Å²) in [5.74, 6) is -1.24. The number of ether oxygens (including phenoxy) is 1. The van der Waals surface area contributed by atoms with Crippen molar-refractivity contribution >= 4 is 5.97 Å². The van der Waals surface area contributed by atoms with Crippen LogP contribution in [0.1, 0.15) is 19.8 Å². The first kappa shape index (κ1) is 10.5. The summed E-state index contributed by atoms with van der Waals surface area (Å²) in [4.78, 5) is 10.7. The summed E-state index contributed by atoms with van der Waals surface area (Å²) >= 11 is 0. The van der Waals surface area contributed by atoms with Crippen molar-refractivity contribution in [1.29, 1.82) is 0 Å². The third-order valence-corrected chi connectivity index (χ3v) is 2.65. The Bertz CT molecular complexity index is 178. The van der Waals surface area contributed by atoms with Crippen molar-refractivity contribution in [3.05, 3.63) is 0 Å². The van der Waals surface area contributed by atoms with Crippen LogP contribution in [0.25, 0.3) is 0 Å². The number of aliphatic carboxylic acids is 1. The summed E-state index contributed by atoms with van der Waals surface area (Å²) in [6, 6.07) is 0.205. The van der Waals surface area contributed by atoms with E-state index in [0.29, 0.717) is 0 Å². The van der Waals surface area contributed by atoms with Gasteiger partial charge in [0.2, 0.25) is 0 Å². The lowest BCUT2D eigenvalue weighted by Gasteiger charge is -2.25. The second kappa shape index (κ2) is 4.58. The maximum atomic E-state index is 10.7. The average Bonchev–Trinajstić information content (AvgIpc) is 2.58. The topological polar surface area (TPSA) is 58.6 Å². The second-order valence-corrected chi connectivity index (χ2v) is 3.53. The van der Waals surface area contributed by atoms with Crippen LogP contribution in [0.5, 0.6) is 0 Å². The molecule has 1 heterocycles. The summed E-state index contributed by atoms with van der Waals surface area (Å²) in [5.41, 5.74) is 0. The summed E-state index contributed by atoms with van der Waals surface area (Å²) in [6.45, 7) is 2.66. The highest BCUT2D eigenvalue weighted by molar-refractivity contribution is 5.70. The Morgan fingerprint density at radius 3 is 2.77 bits per heavy atom. The number of carboxylic acid groups (broad SMARTS) is 1. The lowest BCUT2D eigenvalue weighted by Crippen LogP contribution is -2.43. The van der Waals surface area contributed by atoms with Crippen molar-refractivity contribution in [2.75, 3.05) is 13.7 Å². The molecule has 0 aliphatic carbocycles. The Balaban J connectivity index is 2.54. The van der Waals surface area contributed by atoms with E-state index in [0.717, 1.165) is 19.4 Å². The molecule has 1 rings (SSSR count). The molecular weight excluding hydrogens is 170 g/mol. The average molecular weight is 187 g/mol. The SMILES string of the molecule is CO[C@H]([C@@H]1CCCN1)[C@H](C)C(=O)O. The third kappa shape index (κ3) is 2.42. The van der Waals surface area contributed by atoms with Crippen molar-refractivity contribution in [3.8, 4) is 0 Å². The molecule has 0 amide bonds. The summed E-state index contributed by atoms with van der Waals surface area (Å²) < 4.78 is 5.21. The van der Waals surface area contributed by atoms with Crippen LogP contribution < -0.4 is 5.32 Å². The first-order valence-corrected chi connectivity index (χ1v) is 4.65. The van der Waals surface area contributed by atoms with E-state index in [1.54, 1.807) is 14.0 Å². The quantitative estimate of drug-likeness (QED) is 0.672. The number of hydrogen-bond donors (Lipinski definition) is 2. The highest BCUT2D eigenvalue weighted by Crippen LogP contribution is 2.18. The molecule has 13 heavy (non-hydrogen) atoms. The van der Waals surface area contributed by atoms with Gasteiger partial charge in [-0.3, -0.25) is 4.79 Å². The minimum Gasteiger partial charge on any atom is -0.481 e. The molecule has 0 radical (unpaired) electrons. The Morgan fingerprint density at radius 1 is 1.69 bits per heavy atom. The predicted molar refractivity (Wildman–Crippen MR) is 48.6 cm³/mol. The molecule has 1 saturated heterocycles. The molecule has 0 aromatic heterocycles. The molecule has 0 unspecified atom stereocenters. The molecule has 76 valence electrons. The van der Waals surface area contributed by atoms with Crippen molar-refractivity contribution in [2.45, 2.75) is 31.9 Å². The van der Waals surface area contributed by atoms with Crippen LogP contribution in [0.15, 0.2) is 0 Å². The summed E-state index contributed by atoms with van der Waals surface area (Å²) in [7, 11) is 1.57. The van der Waals surface area contributed by atoms with Gasteiger partial charge in [0, 0.05) is 13.2 Å². The molecule has 2 N–H and O–H groups in total. The third-order valence-electron chi connectivity index (χ3n) is 2.65. The van der Waals surface area contributed by atoms with Gasteiger partial charge in [-0.05, 0) is 26.3 Å². The summed E-state index contributed by atoms with van der Waals surface area (Å²) in [6.07, 6.45) is 1.91. The molecule has 1 aliphatic rings. The predicted octanol–water partition coefficient (Wildman–Crippen LogP) is 0.474. The van der Waals surface area contributed by atoms with Gasteiger partial charge in [0.1, 0.15) is 0 Å². The fourth-order valence-corrected chi connectivity index (χ4v) is 1.85. The van der Waals surface area contributed by atoms with Gasteiger partial charge in [0.25, 0.3) is 0 Å². The van der Waals surface area contributed by atoms with Crippen molar-refractivity contribution in [3.63, 3.8) is 0 Å². The number of nitrogens with one attached hydrogen (secondary N) is 1. The van der Waals surface area contributed by atoms with Crippen LogP contribution >= 0.6 is 0 Å². The number of hydrogen-bond acceptors (Lipinski definition) is 3. The molecule has 0 aromatic rings. The van der Waals surface area contributed by atoms with Gasteiger partial charge >= 0.3 is 5.97 Å². The van der Waals surface area contributed by atoms with Gasteiger partial charge in [0.05, 0.1) is 12.0 Å². The van der Waals surface area contributed by atoms with Crippen LogP contribution in [0.2, 0.25) is 0 Å². The minimum absolute atomic E-state index is 0.205. The molecule has 0 aromatic carbocycles. The van der Waals surface area contributed by atoms with Gasteiger partial charge in [-0.1, -0.05) is 0 Å². The Hall–Kier alpha value is -0.610. The number of carboxylic acids is 1. The first-order chi connectivity index (χ1) is 6.16. The molecular formula is C9H17NO3. The number of carbonyl (C=O) groups is 1. The van der Waals surface area contributed by atoms with Crippen LogP contribution in [-0.4, -0.2) is 36.9 Å². The Labute approximate surface area is 78.3 Å². The van der Waals surface area contributed by atoms with E-state index in [9.17, 15) is 4.79 Å². The largest absolute Gasteiger partial charge is 0.481 e. The van der Waals surface area contributed by atoms with E-state index in [2.05, 4.69) is 5.32 Å².